The maximum Gasteiger partial charge on any atom is 0.244 e. The quantitative estimate of drug-likeness (QED) is 0.382. The van der Waals surface area contributed by atoms with Gasteiger partial charge in [0.05, 0.1) is 11.9 Å². The topological polar surface area (TPSA) is 86.8 Å². The van der Waals surface area contributed by atoms with E-state index in [1.165, 1.54) is 11.0 Å². The molecule has 3 aromatic rings. The Labute approximate surface area is 230 Å². The van der Waals surface area contributed by atoms with E-state index in [4.69, 9.17) is 0 Å². The Morgan fingerprint density at radius 1 is 0.923 bits per heavy atom. The normalized spacial score (nSPS) is 12.2. The molecule has 3 aromatic carbocycles. The summed E-state index contributed by atoms with van der Waals surface area (Å²) in [5, 5.41) is 2.87. The number of amides is 2. The summed E-state index contributed by atoms with van der Waals surface area (Å²) in [6.45, 7) is 6.64. The summed E-state index contributed by atoms with van der Waals surface area (Å²) in [5.41, 5.74) is 3.22. The molecule has 7 nitrogen and oxygen atoms in total. The van der Waals surface area contributed by atoms with Gasteiger partial charge in [-0.2, -0.15) is 0 Å². The van der Waals surface area contributed by atoms with Crippen molar-refractivity contribution in [3.05, 3.63) is 101 Å². The molecule has 0 aliphatic carbocycles. The molecule has 208 valence electrons. The number of rotatable bonds is 11. The number of aryl methyl sites for hydroxylation is 2. The van der Waals surface area contributed by atoms with Gasteiger partial charge in [-0.25, -0.2) is 12.8 Å². The highest BCUT2D eigenvalue weighted by Gasteiger charge is 2.33. The first kappa shape index (κ1) is 29.8. The van der Waals surface area contributed by atoms with E-state index in [2.05, 4.69) is 5.32 Å². The molecule has 0 aliphatic rings. The lowest BCUT2D eigenvalue weighted by molar-refractivity contribution is -0.140. The van der Waals surface area contributed by atoms with E-state index < -0.39 is 40.2 Å². The van der Waals surface area contributed by atoms with E-state index >= 15 is 0 Å². The minimum absolute atomic E-state index is 0.169. The van der Waals surface area contributed by atoms with Crippen molar-refractivity contribution in [2.24, 2.45) is 0 Å². The van der Waals surface area contributed by atoms with Crippen molar-refractivity contribution in [3.63, 3.8) is 0 Å². The first-order valence-corrected chi connectivity index (χ1v) is 14.6. The number of carbonyl (C=O) groups excluding carboxylic acids is 2. The van der Waals surface area contributed by atoms with Gasteiger partial charge in [0.1, 0.15) is 18.4 Å². The first-order chi connectivity index (χ1) is 18.4. The van der Waals surface area contributed by atoms with E-state index in [0.717, 1.165) is 27.3 Å². The number of hydrogen-bond donors (Lipinski definition) is 1. The molecule has 0 saturated carbocycles. The largest absolute Gasteiger partial charge is 0.352 e. The van der Waals surface area contributed by atoms with E-state index in [-0.39, 0.29) is 24.6 Å². The summed E-state index contributed by atoms with van der Waals surface area (Å²) in [5.74, 6) is -1.55. The van der Waals surface area contributed by atoms with Crippen LogP contribution < -0.4 is 9.62 Å². The molecule has 0 aliphatic heterocycles. The molecule has 0 aromatic heterocycles. The van der Waals surface area contributed by atoms with Crippen molar-refractivity contribution < 1.29 is 22.4 Å². The standard InChI is InChI=1S/C30H36FN3O4S/c1-21(2)32-30(36)28(18-24-11-7-6-8-12-24)33(19-25-13-9-10-14-27(25)31)29(35)20-34(39(5,37)38)26-16-15-22(3)23(4)17-26/h6-17,21,28H,18-20H2,1-5H3,(H,32,36)/t28-/m0/s1. The molecular weight excluding hydrogens is 517 g/mol. The van der Waals surface area contributed by atoms with Gasteiger partial charge in [0.25, 0.3) is 0 Å². The summed E-state index contributed by atoms with van der Waals surface area (Å²) >= 11 is 0. The molecule has 0 heterocycles. The fraction of sp³-hybridized carbons (Fsp3) is 0.333. The molecule has 1 N–H and O–H groups in total. The second-order valence-corrected chi connectivity index (χ2v) is 11.9. The third-order valence-corrected chi connectivity index (χ3v) is 7.60. The highest BCUT2D eigenvalue weighted by Crippen LogP contribution is 2.23. The first-order valence-electron chi connectivity index (χ1n) is 12.8. The fourth-order valence-electron chi connectivity index (χ4n) is 4.24. The zero-order valence-corrected chi connectivity index (χ0v) is 23.8. The Kier molecular flexibility index (Phi) is 9.86. The Bertz CT molecular complexity index is 1410. The summed E-state index contributed by atoms with van der Waals surface area (Å²) in [4.78, 5) is 28.7. The zero-order valence-electron chi connectivity index (χ0n) is 23.0. The zero-order chi connectivity index (χ0) is 28.7. The summed E-state index contributed by atoms with van der Waals surface area (Å²) in [6.07, 6.45) is 1.20. The van der Waals surface area contributed by atoms with Crippen LogP contribution in [-0.2, 0) is 32.6 Å². The Balaban J connectivity index is 2.08. The highest BCUT2D eigenvalue weighted by atomic mass is 32.2. The van der Waals surface area contributed by atoms with Crippen molar-refractivity contribution in [2.45, 2.75) is 52.7 Å². The van der Waals surface area contributed by atoms with Crippen molar-refractivity contribution in [3.8, 4) is 0 Å². The van der Waals surface area contributed by atoms with Gasteiger partial charge in [0.2, 0.25) is 21.8 Å². The number of anilines is 1. The average molecular weight is 554 g/mol. The molecule has 3 rings (SSSR count). The van der Waals surface area contributed by atoms with E-state index in [9.17, 15) is 22.4 Å². The number of benzene rings is 3. The van der Waals surface area contributed by atoms with Gasteiger partial charge in [-0.15, -0.1) is 0 Å². The predicted octanol–water partition coefficient (Wildman–Crippen LogP) is 4.37. The molecule has 2 amide bonds. The van der Waals surface area contributed by atoms with Crippen LogP contribution in [0.2, 0.25) is 0 Å². The van der Waals surface area contributed by atoms with Crippen molar-refractivity contribution in [1.29, 1.82) is 0 Å². The third kappa shape index (κ3) is 8.13. The number of sulfonamides is 1. The Morgan fingerprint density at radius 3 is 2.15 bits per heavy atom. The van der Waals surface area contributed by atoms with Crippen molar-refractivity contribution in [1.82, 2.24) is 10.2 Å². The average Bonchev–Trinajstić information content (AvgIpc) is 2.87. The minimum atomic E-state index is -3.87. The molecule has 0 radical (unpaired) electrons. The lowest BCUT2D eigenvalue weighted by atomic mass is 10.0. The van der Waals surface area contributed by atoms with Crippen LogP contribution in [0.3, 0.4) is 0 Å². The number of nitrogens with zero attached hydrogens (tertiary/aromatic N) is 2. The molecule has 39 heavy (non-hydrogen) atoms. The molecular formula is C30H36FN3O4S. The van der Waals surface area contributed by atoms with Gasteiger partial charge in [-0.05, 0) is 62.6 Å². The molecule has 0 bridgehead atoms. The smallest absolute Gasteiger partial charge is 0.244 e. The van der Waals surface area contributed by atoms with Crippen LogP contribution >= 0.6 is 0 Å². The molecule has 0 fully saturated rings. The monoisotopic (exact) mass is 553 g/mol. The summed E-state index contributed by atoms with van der Waals surface area (Å²) in [7, 11) is -3.87. The van der Waals surface area contributed by atoms with Crippen LogP contribution in [0, 0.1) is 19.7 Å². The maximum atomic E-state index is 14.8. The van der Waals surface area contributed by atoms with Crippen molar-refractivity contribution >= 4 is 27.5 Å². The Morgan fingerprint density at radius 2 is 1.56 bits per heavy atom. The second-order valence-electron chi connectivity index (χ2n) is 10.0. The van der Waals surface area contributed by atoms with Crippen LogP contribution in [-0.4, -0.2) is 50.0 Å². The van der Waals surface area contributed by atoms with Crippen LogP contribution in [0.1, 0.15) is 36.1 Å². The summed E-state index contributed by atoms with van der Waals surface area (Å²) < 4.78 is 41.5. The van der Waals surface area contributed by atoms with Gasteiger partial charge in [-0.3, -0.25) is 13.9 Å². The fourth-order valence-corrected chi connectivity index (χ4v) is 5.08. The number of carbonyl (C=O) groups is 2. The maximum absolute atomic E-state index is 14.8. The SMILES string of the molecule is Cc1ccc(N(CC(=O)N(Cc2ccccc2F)[C@@H](Cc2ccccc2)C(=O)NC(C)C)S(C)(=O)=O)cc1C. The molecule has 0 unspecified atom stereocenters. The molecule has 9 heteroatoms. The molecule has 1 atom stereocenters. The minimum Gasteiger partial charge on any atom is -0.352 e. The van der Waals surface area contributed by atoms with Gasteiger partial charge in [-0.1, -0.05) is 54.6 Å². The Hall–Kier alpha value is -3.72. The number of nitrogens with one attached hydrogen (secondary N) is 1. The van der Waals surface area contributed by atoms with E-state index in [0.29, 0.717) is 5.69 Å². The third-order valence-electron chi connectivity index (χ3n) is 6.46. The summed E-state index contributed by atoms with van der Waals surface area (Å²) in [6, 6.07) is 19.2. The second kappa shape index (κ2) is 12.9. The lowest BCUT2D eigenvalue weighted by Gasteiger charge is -2.34. The molecule has 0 saturated heterocycles. The van der Waals surface area contributed by atoms with E-state index in [1.54, 1.807) is 36.4 Å². The van der Waals surface area contributed by atoms with Crippen LogP contribution in [0.4, 0.5) is 10.1 Å². The van der Waals surface area contributed by atoms with Gasteiger partial charge in [0, 0.05) is 24.6 Å². The lowest BCUT2D eigenvalue weighted by Crippen LogP contribution is -2.54. The van der Waals surface area contributed by atoms with Gasteiger partial charge < -0.3 is 10.2 Å². The predicted molar refractivity (Wildman–Crippen MR) is 152 cm³/mol. The molecule has 0 spiro atoms. The van der Waals surface area contributed by atoms with Crippen molar-refractivity contribution in [2.75, 3.05) is 17.1 Å². The number of hydrogen-bond acceptors (Lipinski definition) is 4. The number of halogens is 1. The van der Waals surface area contributed by atoms with Crippen LogP contribution in [0.25, 0.3) is 0 Å². The van der Waals surface area contributed by atoms with Gasteiger partial charge >= 0.3 is 0 Å². The van der Waals surface area contributed by atoms with Crippen LogP contribution in [0.5, 0.6) is 0 Å². The van der Waals surface area contributed by atoms with E-state index in [1.807, 2.05) is 58.0 Å². The van der Waals surface area contributed by atoms with Gasteiger partial charge in [0.15, 0.2) is 0 Å². The van der Waals surface area contributed by atoms with Crippen LogP contribution in [0.15, 0.2) is 72.8 Å². The highest BCUT2D eigenvalue weighted by molar-refractivity contribution is 7.92.